The molecule has 0 rings (SSSR count). The van der Waals surface area contributed by atoms with E-state index in [1.165, 1.54) is 6.92 Å². The van der Waals surface area contributed by atoms with Crippen LogP contribution < -0.4 is 42.5 Å². The summed E-state index contributed by atoms with van der Waals surface area (Å²) >= 11 is 0. The number of ketones is 1. The SMILES string of the molecule is C[C@@](CCC(=O)O)(NC(=O)NCCCCCNC(=O)CCCCCCN=[N+]=[N-])C(=O)O.O=C=O.O=C=O.O=C=O.[N-]=[N+]=NCCCCC(CC(=O)CCCCCCC(=O)NCCCCCNC(=O)N[C@@H](CCC(=O)O)C(=O)O)C(=O)O.[N-]=[N+]=NCCCCCNC(=O)N[C@@H](CCC(=O)O)C(=O)O. The molecule has 8 amide bonds. The molecule has 0 radical (unpaired) electrons. The molecule has 0 aliphatic rings. The van der Waals surface area contributed by atoms with Crippen molar-refractivity contribution in [3.8, 4) is 0 Å². The van der Waals surface area contributed by atoms with E-state index < -0.39 is 83.4 Å². The Balaban J connectivity index is -0.000000333. The maximum absolute atomic E-state index is 12.1. The van der Waals surface area contributed by atoms with E-state index in [9.17, 15) is 72.5 Å². The maximum Gasteiger partial charge on any atom is 0.373 e. The molecule has 0 aromatic rings. The second-order valence-electron chi connectivity index (χ2n) is 21.7. The minimum absolute atomic E-state index is 0.00173. The van der Waals surface area contributed by atoms with Gasteiger partial charge < -0.3 is 78.3 Å². The largest absolute Gasteiger partial charge is 0.481 e. The lowest BCUT2D eigenvalue weighted by Crippen LogP contribution is -2.55. The van der Waals surface area contributed by atoms with E-state index in [4.69, 9.17) is 70.9 Å². The van der Waals surface area contributed by atoms with Gasteiger partial charge in [0.2, 0.25) is 11.8 Å². The summed E-state index contributed by atoms with van der Waals surface area (Å²) in [4.78, 5) is 204. The molecule has 0 bridgehead atoms. The highest BCUT2D eigenvalue weighted by Crippen LogP contribution is 2.17. The highest BCUT2D eigenvalue weighted by molar-refractivity contribution is 5.87. The summed E-state index contributed by atoms with van der Waals surface area (Å²) in [5, 5.41) is 92.5. The summed E-state index contributed by atoms with van der Waals surface area (Å²) in [6, 6.07) is -4.50. The Morgan fingerprint density at radius 3 is 1.03 bits per heavy atom. The first-order valence-electron chi connectivity index (χ1n) is 32.3. The number of aliphatic carboxylic acids is 7. The molecule has 0 aromatic carbocycles. The van der Waals surface area contributed by atoms with Crippen molar-refractivity contribution in [2.45, 2.75) is 217 Å². The number of rotatable bonds is 55. The first-order valence-corrected chi connectivity index (χ1v) is 32.3. The minimum Gasteiger partial charge on any atom is -0.481 e. The number of amides is 8. The fraction of sp³-hybridized carbons (Fsp3) is 0.729. The molecular formula is C59H97N17O26. The van der Waals surface area contributed by atoms with Crippen LogP contribution in [-0.2, 0) is 76.7 Å². The highest BCUT2D eigenvalue weighted by atomic mass is 16.4. The Bertz CT molecular complexity index is 2720. The fourth-order valence-corrected chi connectivity index (χ4v) is 8.10. The average molecular weight is 1460 g/mol. The molecule has 0 saturated carbocycles. The number of hydrogen-bond acceptors (Lipinski definition) is 22. The van der Waals surface area contributed by atoms with Crippen LogP contribution in [0.5, 0.6) is 0 Å². The number of nitrogens with one attached hydrogen (secondary N) is 8. The number of nitrogens with zero attached hydrogens (tertiary/aromatic N) is 9. The van der Waals surface area contributed by atoms with E-state index in [1.54, 1.807) is 0 Å². The van der Waals surface area contributed by atoms with Crippen molar-refractivity contribution >= 4 is 95.9 Å². The Hall–Kier alpha value is -11.2. The number of azide groups is 3. The van der Waals surface area contributed by atoms with E-state index >= 15 is 0 Å². The zero-order valence-electron chi connectivity index (χ0n) is 57.0. The topological polar surface area (TPSA) is 708 Å². The molecule has 0 aromatic heterocycles. The number of carbonyl (C=O) groups excluding carboxylic acids is 12. The number of Topliss-reactive ketones (excluding diaryl/α,β-unsaturated/α-hetero) is 1. The van der Waals surface area contributed by atoms with Gasteiger partial charge in [-0.25, -0.2) is 28.8 Å². The van der Waals surface area contributed by atoms with Crippen LogP contribution in [0.3, 0.4) is 0 Å². The van der Waals surface area contributed by atoms with Gasteiger partial charge in [-0.3, -0.25) is 33.6 Å². The standard InChI is InChI=1S/C26H44N6O9.C19H34N6O6.C11H19N5O5.3CO2/c27-32-30-17-9-6-10-19(24(37)38)18-20(33)11-4-1-2-5-12-22(34)28-15-7-3-8-16-29-26(41)31-21(25(39)40)13-14-23(35)36;1-19(17(29)30,11-10-16(27)28)24-18(31)22-13-7-4-6-12-21-15(26)9-5-2-3-8-14-23-25-20;12-16-14-7-3-1-2-6-13-11(21)15-8(10(19)20)4-5-9(17)18;3*2-1-3/h19,21H,1-18H2,(H,28,34)(H,35,36)(H,37,38)(H,39,40)(H2,29,31,41);2-14H2,1H3,(H,21,26)(H,27,28)(H,29,30)(H2,22,24,31);8H,1-7H2,(H,17,18)(H,19,20)(H2,13,15,21);;;/t19?,21-;19-;8-;;;/m000.../s1. The van der Waals surface area contributed by atoms with Crippen LogP contribution in [-0.4, -0.2) is 202 Å². The highest BCUT2D eigenvalue weighted by Gasteiger charge is 2.35. The third-order valence-corrected chi connectivity index (χ3v) is 13.4. The predicted octanol–water partition coefficient (Wildman–Crippen LogP) is 5.25. The van der Waals surface area contributed by atoms with Crippen LogP contribution in [0.1, 0.15) is 200 Å². The van der Waals surface area contributed by atoms with Crippen LogP contribution in [0.25, 0.3) is 31.3 Å². The molecule has 0 saturated heterocycles. The average Bonchev–Trinajstić information content (AvgIpc) is 0.865. The van der Waals surface area contributed by atoms with Gasteiger partial charge in [-0.05, 0) is 133 Å². The van der Waals surface area contributed by atoms with Crippen molar-refractivity contribution in [2.75, 3.05) is 52.4 Å². The maximum atomic E-state index is 12.1. The van der Waals surface area contributed by atoms with Gasteiger partial charge in [0.25, 0.3) is 0 Å². The van der Waals surface area contributed by atoms with Crippen molar-refractivity contribution in [1.82, 2.24) is 42.5 Å². The summed E-state index contributed by atoms with van der Waals surface area (Å²) < 4.78 is 0. The van der Waals surface area contributed by atoms with Gasteiger partial charge in [-0.1, -0.05) is 53.9 Å². The van der Waals surface area contributed by atoms with Crippen molar-refractivity contribution in [3.63, 3.8) is 0 Å². The lowest BCUT2D eigenvalue weighted by Gasteiger charge is -2.25. The van der Waals surface area contributed by atoms with Crippen LogP contribution in [0, 0.1) is 5.92 Å². The normalized spacial score (nSPS) is 11.0. The Morgan fingerprint density at radius 1 is 0.382 bits per heavy atom. The Morgan fingerprint density at radius 2 is 0.696 bits per heavy atom. The number of carboxylic acid groups (broad SMARTS) is 7. The molecule has 0 fully saturated rings. The number of carboxylic acids is 7. The molecule has 0 aliphatic carbocycles. The fourth-order valence-electron chi connectivity index (χ4n) is 8.10. The number of unbranched alkanes of at least 4 members (excludes halogenated alkanes) is 13. The van der Waals surface area contributed by atoms with Gasteiger partial charge in [0.05, 0.1) is 5.92 Å². The van der Waals surface area contributed by atoms with Crippen molar-refractivity contribution in [3.05, 3.63) is 31.3 Å². The van der Waals surface area contributed by atoms with E-state index in [0.717, 1.165) is 64.2 Å². The first kappa shape index (κ1) is 102. The van der Waals surface area contributed by atoms with Crippen LogP contribution in [0.4, 0.5) is 14.4 Å². The van der Waals surface area contributed by atoms with Crippen LogP contribution in [0.2, 0.25) is 0 Å². The molecule has 574 valence electrons. The summed E-state index contributed by atoms with van der Waals surface area (Å²) in [5.41, 5.74) is 22.8. The monoisotopic (exact) mass is 1460 g/mol. The van der Waals surface area contributed by atoms with Crippen molar-refractivity contribution in [1.29, 1.82) is 0 Å². The predicted molar refractivity (Wildman–Crippen MR) is 349 cm³/mol. The molecular weight excluding hydrogens is 1360 g/mol. The van der Waals surface area contributed by atoms with Gasteiger partial charge >= 0.3 is 78.3 Å². The molecule has 4 atom stereocenters. The van der Waals surface area contributed by atoms with Gasteiger partial charge in [0.1, 0.15) is 23.4 Å². The van der Waals surface area contributed by atoms with Crippen molar-refractivity contribution < 1.29 is 127 Å². The van der Waals surface area contributed by atoms with Crippen LogP contribution >= 0.6 is 0 Å². The lowest BCUT2D eigenvalue weighted by molar-refractivity contribution is -0.193. The van der Waals surface area contributed by atoms with Gasteiger partial charge in [0.15, 0.2) is 0 Å². The molecule has 0 spiro atoms. The van der Waals surface area contributed by atoms with E-state index in [2.05, 4.69) is 72.6 Å². The molecule has 43 heteroatoms. The zero-order valence-corrected chi connectivity index (χ0v) is 57.0. The molecule has 0 aliphatic heterocycles. The van der Waals surface area contributed by atoms with Crippen molar-refractivity contribution in [2.24, 2.45) is 21.3 Å². The number of hydrogen-bond donors (Lipinski definition) is 15. The first-order chi connectivity index (χ1) is 48.5. The van der Waals surface area contributed by atoms with Crippen LogP contribution in [0.15, 0.2) is 15.3 Å². The summed E-state index contributed by atoms with van der Waals surface area (Å²) in [6.45, 7) is 4.51. The Labute approximate surface area is 585 Å². The van der Waals surface area contributed by atoms with E-state index in [1.807, 2.05) is 0 Å². The molecule has 102 heavy (non-hydrogen) atoms. The smallest absolute Gasteiger partial charge is 0.373 e. The third kappa shape index (κ3) is 77.8. The molecule has 43 nitrogen and oxygen atoms in total. The van der Waals surface area contributed by atoms with Gasteiger partial charge in [0, 0.05) is 112 Å². The number of urea groups is 3. The summed E-state index contributed by atoms with van der Waals surface area (Å²) in [6.07, 6.45) is 14.5. The quantitative estimate of drug-likeness (QED) is 0.0160. The lowest BCUT2D eigenvalue weighted by atomic mass is 9.94. The molecule has 1 unspecified atom stereocenters. The molecule has 15 N–H and O–H groups in total. The van der Waals surface area contributed by atoms with E-state index in [-0.39, 0.29) is 81.0 Å². The second-order valence-corrected chi connectivity index (χ2v) is 21.7. The van der Waals surface area contributed by atoms with Gasteiger partial charge in [-0.2, -0.15) is 28.8 Å². The third-order valence-electron chi connectivity index (χ3n) is 13.4. The van der Waals surface area contributed by atoms with E-state index in [0.29, 0.717) is 136 Å². The summed E-state index contributed by atoms with van der Waals surface area (Å²) in [5.74, 6) is -9.14. The molecule has 0 heterocycles. The number of carbonyl (C=O) groups is 13. The second kappa shape index (κ2) is 74.0. The summed E-state index contributed by atoms with van der Waals surface area (Å²) in [7, 11) is 0. The van der Waals surface area contributed by atoms with Gasteiger partial charge in [-0.15, -0.1) is 0 Å². The zero-order chi connectivity index (χ0) is 78.6. The minimum atomic E-state index is -1.66. The Kier molecular flexibility index (Phi) is 73.9.